The van der Waals surface area contributed by atoms with Crippen LogP contribution in [0.15, 0.2) is 30.0 Å². The highest BCUT2D eigenvalue weighted by Gasteiger charge is 2.22. The summed E-state index contributed by atoms with van der Waals surface area (Å²) in [6.07, 6.45) is 4.57. The van der Waals surface area contributed by atoms with Gasteiger partial charge in [0.1, 0.15) is 0 Å². The van der Waals surface area contributed by atoms with E-state index in [-0.39, 0.29) is 17.3 Å². The summed E-state index contributed by atoms with van der Waals surface area (Å²) in [6, 6.07) is 4.91. The zero-order chi connectivity index (χ0) is 14.7. The Labute approximate surface area is 118 Å². The van der Waals surface area contributed by atoms with Gasteiger partial charge < -0.3 is 10.4 Å². The van der Waals surface area contributed by atoms with Crippen LogP contribution in [0.2, 0.25) is 0 Å². The number of ketones is 1. The number of carboxylic acid groups (broad SMARTS) is 1. The Bertz CT molecular complexity index is 575. The Morgan fingerprint density at radius 1 is 1.45 bits per heavy atom. The van der Waals surface area contributed by atoms with Crippen molar-refractivity contribution in [3.05, 3.63) is 41.1 Å². The lowest BCUT2D eigenvalue weighted by Crippen LogP contribution is -2.19. The maximum atomic E-state index is 12.0. The van der Waals surface area contributed by atoms with E-state index in [9.17, 15) is 9.59 Å². The Kier molecular flexibility index (Phi) is 4.23. The Hall–Kier alpha value is -2.10. The fourth-order valence-electron chi connectivity index (χ4n) is 2.44. The van der Waals surface area contributed by atoms with Crippen LogP contribution >= 0.6 is 0 Å². The van der Waals surface area contributed by atoms with Crippen LogP contribution in [0, 0.1) is 12.8 Å². The molecule has 0 spiro atoms. The van der Waals surface area contributed by atoms with Crippen molar-refractivity contribution >= 4 is 17.4 Å². The molecule has 2 N–H and O–H groups in total. The molecule has 1 fully saturated rings. The first-order valence-electron chi connectivity index (χ1n) is 6.83. The van der Waals surface area contributed by atoms with E-state index in [0.29, 0.717) is 0 Å². The largest absolute Gasteiger partial charge is 0.478 e. The van der Waals surface area contributed by atoms with E-state index in [4.69, 9.17) is 5.11 Å². The molecule has 0 aliphatic heterocycles. The molecule has 0 saturated heterocycles. The van der Waals surface area contributed by atoms with Crippen molar-refractivity contribution in [1.82, 2.24) is 0 Å². The van der Waals surface area contributed by atoms with Gasteiger partial charge in [0.15, 0.2) is 5.78 Å². The third-order valence-corrected chi connectivity index (χ3v) is 3.72. The van der Waals surface area contributed by atoms with Crippen LogP contribution in [-0.2, 0) is 4.79 Å². The number of nitrogens with one attached hydrogen (secondary N) is 1. The van der Waals surface area contributed by atoms with Gasteiger partial charge in [-0.05, 0) is 49.9 Å². The smallest absolute Gasteiger partial charge is 0.335 e. The number of carbonyl (C=O) groups excluding carboxylic acids is 1. The standard InChI is InChI=1S/C16H19NO3/c1-10-4-3-5-13(15(10)18)9-17-14-7-6-12(16(19)20)8-11(14)2/h6-10,17H,3-5H2,1-2H3,(H,19,20)/b13-9+/t10-/m1/s1. The molecule has 2 rings (SSSR count). The molecule has 1 aliphatic carbocycles. The second kappa shape index (κ2) is 5.90. The van der Waals surface area contributed by atoms with Crippen LogP contribution in [0.1, 0.15) is 42.1 Å². The van der Waals surface area contributed by atoms with E-state index in [1.165, 1.54) is 0 Å². The van der Waals surface area contributed by atoms with Gasteiger partial charge in [-0.2, -0.15) is 0 Å². The molecule has 4 heteroatoms. The molecule has 0 aromatic heterocycles. The SMILES string of the molecule is Cc1cc(C(=O)O)ccc1N/C=C1\CCC[C@@H](C)C1=O. The Balaban J connectivity index is 2.14. The maximum Gasteiger partial charge on any atom is 0.335 e. The van der Waals surface area contributed by atoms with Gasteiger partial charge in [-0.25, -0.2) is 4.79 Å². The summed E-state index contributed by atoms with van der Waals surface area (Å²) in [5, 5.41) is 12.0. The van der Waals surface area contributed by atoms with E-state index in [1.807, 2.05) is 13.8 Å². The number of carboxylic acids is 1. The number of anilines is 1. The first-order valence-corrected chi connectivity index (χ1v) is 6.83. The minimum absolute atomic E-state index is 0.104. The summed E-state index contributed by atoms with van der Waals surface area (Å²) >= 11 is 0. The highest BCUT2D eigenvalue weighted by atomic mass is 16.4. The molecule has 0 radical (unpaired) electrons. The Morgan fingerprint density at radius 2 is 2.20 bits per heavy atom. The zero-order valence-corrected chi connectivity index (χ0v) is 11.8. The molecular weight excluding hydrogens is 254 g/mol. The van der Waals surface area contributed by atoms with Crippen LogP contribution in [0.25, 0.3) is 0 Å². The quantitative estimate of drug-likeness (QED) is 0.828. The summed E-state index contributed by atoms with van der Waals surface area (Å²) in [7, 11) is 0. The normalized spacial score (nSPS) is 21.0. The number of hydrogen-bond acceptors (Lipinski definition) is 3. The summed E-state index contributed by atoms with van der Waals surface area (Å²) in [6.45, 7) is 3.81. The number of rotatable bonds is 3. The minimum Gasteiger partial charge on any atom is -0.478 e. The van der Waals surface area contributed by atoms with Gasteiger partial charge >= 0.3 is 5.97 Å². The zero-order valence-electron chi connectivity index (χ0n) is 11.8. The number of allylic oxidation sites excluding steroid dienone is 1. The second-order valence-corrected chi connectivity index (χ2v) is 5.31. The van der Waals surface area contributed by atoms with Crippen molar-refractivity contribution in [2.45, 2.75) is 33.1 Å². The van der Waals surface area contributed by atoms with E-state index in [0.717, 1.165) is 36.1 Å². The lowest BCUT2D eigenvalue weighted by molar-refractivity contribution is -0.119. The van der Waals surface area contributed by atoms with Gasteiger partial charge in [0.25, 0.3) is 0 Å². The Morgan fingerprint density at radius 3 is 2.85 bits per heavy atom. The van der Waals surface area contributed by atoms with Gasteiger partial charge in [-0.3, -0.25) is 4.79 Å². The highest BCUT2D eigenvalue weighted by Crippen LogP contribution is 2.25. The fourth-order valence-corrected chi connectivity index (χ4v) is 2.44. The first-order chi connectivity index (χ1) is 9.49. The molecule has 1 aromatic rings. The van der Waals surface area contributed by atoms with Crippen LogP contribution < -0.4 is 5.32 Å². The van der Waals surface area contributed by atoms with Crippen LogP contribution in [0.3, 0.4) is 0 Å². The molecule has 0 heterocycles. The number of aromatic carboxylic acids is 1. The van der Waals surface area contributed by atoms with Crippen molar-refractivity contribution in [2.24, 2.45) is 5.92 Å². The number of Topliss-reactive ketones (excluding diaryl/α,β-unsaturated/α-hetero) is 1. The molecular formula is C16H19NO3. The van der Waals surface area contributed by atoms with Crippen LogP contribution in [0.5, 0.6) is 0 Å². The molecule has 4 nitrogen and oxygen atoms in total. The van der Waals surface area contributed by atoms with E-state index in [1.54, 1.807) is 24.4 Å². The van der Waals surface area contributed by atoms with Crippen molar-refractivity contribution in [2.75, 3.05) is 5.32 Å². The molecule has 1 atom stereocenters. The molecule has 20 heavy (non-hydrogen) atoms. The van der Waals surface area contributed by atoms with Crippen molar-refractivity contribution < 1.29 is 14.7 Å². The monoisotopic (exact) mass is 273 g/mol. The van der Waals surface area contributed by atoms with Crippen molar-refractivity contribution in [3.63, 3.8) is 0 Å². The molecule has 106 valence electrons. The summed E-state index contributed by atoms with van der Waals surface area (Å²) in [5.41, 5.74) is 2.76. The van der Waals surface area contributed by atoms with Gasteiger partial charge in [-0.1, -0.05) is 6.92 Å². The van der Waals surface area contributed by atoms with E-state index >= 15 is 0 Å². The lowest BCUT2D eigenvalue weighted by atomic mass is 9.86. The van der Waals surface area contributed by atoms with E-state index < -0.39 is 5.97 Å². The molecule has 0 amide bonds. The number of hydrogen-bond donors (Lipinski definition) is 2. The lowest BCUT2D eigenvalue weighted by Gasteiger charge is -2.19. The van der Waals surface area contributed by atoms with Gasteiger partial charge in [0.2, 0.25) is 0 Å². The predicted octanol–water partition coefficient (Wildman–Crippen LogP) is 3.38. The summed E-state index contributed by atoms with van der Waals surface area (Å²) < 4.78 is 0. The second-order valence-electron chi connectivity index (χ2n) is 5.31. The van der Waals surface area contributed by atoms with Crippen molar-refractivity contribution in [3.8, 4) is 0 Å². The molecule has 0 unspecified atom stereocenters. The average molecular weight is 273 g/mol. The van der Waals surface area contributed by atoms with E-state index in [2.05, 4.69) is 5.32 Å². The first kappa shape index (κ1) is 14.3. The minimum atomic E-state index is -0.936. The summed E-state index contributed by atoms with van der Waals surface area (Å²) in [4.78, 5) is 22.9. The molecule has 0 bridgehead atoms. The highest BCUT2D eigenvalue weighted by molar-refractivity contribution is 5.98. The fraction of sp³-hybridized carbons (Fsp3) is 0.375. The molecule has 1 saturated carbocycles. The topological polar surface area (TPSA) is 66.4 Å². The van der Waals surface area contributed by atoms with Crippen LogP contribution in [0.4, 0.5) is 5.69 Å². The summed E-state index contributed by atoms with van der Waals surface area (Å²) in [5.74, 6) is -0.620. The third-order valence-electron chi connectivity index (χ3n) is 3.72. The number of aryl methyl sites for hydroxylation is 1. The third kappa shape index (κ3) is 3.07. The van der Waals surface area contributed by atoms with Crippen molar-refractivity contribution in [1.29, 1.82) is 0 Å². The van der Waals surface area contributed by atoms with Gasteiger partial charge in [-0.15, -0.1) is 0 Å². The predicted molar refractivity (Wildman–Crippen MR) is 77.9 cm³/mol. The molecule has 1 aromatic carbocycles. The van der Waals surface area contributed by atoms with Gasteiger partial charge in [0.05, 0.1) is 5.56 Å². The van der Waals surface area contributed by atoms with Gasteiger partial charge in [0, 0.05) is 23.4 Å². The molecule has 1 aliphatic rings. The number of carbonyl (C=O) groups is 2. The number of benzene rings is 1. The van der Waals surface area contributed by atoms with Crippen LogP contribution in [-0.4, -0.2) is 16.9 Å². The maximum absolute atomic E-state index is 12.0. The average Bonchev–Trinajstić information content (AvgIpc) is 2.41.